The molecule has 0 aromatic carbocycles. The number of hydrogen-bond donors (Lipinski definition) is 1. The van der Waals surface area contributed by atoms with Crippen molar-refractivity contribution in [3.8, 4) is 0 Å². The van der Waals surface area contributed by atoms with E-state index in [1.54, 1.807) is 14.1 Å². The van der Waals surface area contributed by atoms with Crippen LogP contribution in [0.4, 0.5) is 0 Å². The van der Waals surface area contributed by atoms with E-state index in [-0.39, 0.29) is 10.4 Å². The number of nitrogens with zero attached hydrogens (tertiary/aromatic N) is 1. The molecule has 0 aliphatic heterocycles. The van der Waals surface area contributed by atoms with Crippen LogP contribution in [-0.4, -0.2) is 57.6 Å². The van der Waals surface area contributed by atoms with Crippen LogP contribution in [0.25, 0.3) is 0 Å². The van der Waals surface area contributed by atoms with Crippen LogP contribution in [0.2, 0.25) is 0 Å². The lowest BCUT2D eigenvalue weighted by Gasteiger charge is -2.30. The van der Waals surface area contributed by atoms with Crippen LogP contribution in [0.15, 0.2) is 0 Å². The number of rotatable bonds is 6. The van der Waals surface area contributed by atoms with Crippen molar-refractivity contribution in [2.24, 2.45) is 0 Å². The predicted octanol–water partition coefficient (Wildman–Crippen LogP) is -0.825. The molecule has 0 atom stereocenters. The second-order valence-electron chi connectivity index (χ2n) is 3.80. The van der Waals surface area contributed by atoms with Gasteiger partial charge < -0.3 is 14.4 Å². The summed E-state index contributed by atoms with van der Waals surface area (Å²) in [6, 6.07) is 0. The third kappa shape index (κ3) is 8.17. The molecule has 0 rings (SSSR count). The molecule has 0 fully saturated rings. The van der Waals surface area contributed by atoms with E-state index in [9.17, 15) is 13.0 Å². The predicted molar refractivity (Wildman–Crippen MR) is 50.1 cm³/mol. The Morgan fingerprint density at radius 3 is 2.31 bits per heavy atom. The minimum Gasteiger partial charge on any atom is -0.744 e. The highest BCUT2D eigenvalue weighted by Gasteiger charge is 2.17. The fourth-order valence-corrected chi connectivity index (χ4v) is 2.16. The Bertz CT molecular complexity index is 236. The van der Waals surface area contributed by atoms with Gasteiger partial charge in [0.25, 0.3) is 0 Å². The van der Waals surface area contributed by atoms with E-state index in [1.807, 2.05) is 7.05 Å². The van der Waals surface area contributed by atoms with Gasteiger partial charge in [-0.15, -0.1) is 0 Å². The van der Waals surface area contributed by atoms with E-state index in [2.05, 4.69) is 5.32 Å². The van der Waals surface area contributed by atoms with Gasteiger partial charge in [-0.3, -0.25) is 0 Å². The third-order valence-electron chi connectivity index (χ3n) is 1.70. The molecule has 6 heteroatoms. The molecular formula is C7H18N2O3S. The summed E-state index contributed by atoms with van der Waals surface area (Å²) in [7, 11) is 1.20. The maximum absolute atomic E-state index is 10.5. The summed E-state index contributed by atoms with van der Waals surface area (Å²) in [5, 5.41) is 2.97. The third-order valence-corrected chi connectivity index (χ3v) is 2.71. The first-order chi connectivity index (χ1) is 5.77. The van der Waals surface area contributed by atoms with E-state index in [4.69, 9.17) is 0 Å². The lowest BCUT2D eigenvalue weighted by atomic mass is 10.4. The van der Waals surface area contributed by atoms with Crippen molar-refractivity contribution in [3.05, 3.63) is 0 Å². The molecule has 0 unspecified atom stereocenters. The first kappa shape index (κ1) is 12.8. The molecule has 0 spiro atoms. The van der Waals surface area contributed by atoms with Gasteiger partial charge in [-0.2, -0.15) is 0 Å². The standard InChI is InChI=1S/C7H18N2O3S/c1-8-5-4-6-9(2,3)7-13(10,11)12/h8H,4-7H2,1-3H3. The number of quaternary nitrogens is 1. The molecule has 0 aliphatic carbocycles. The van der Waals surface area contributed by atoms with Crippen molar-refractivity contribution in [1.29, 1.82) is 0 Å². The van der Waals surface area contributed by atoms with Crippen LogP contribution in [0.3, 0.4) is 0 Å². The molecule has 0 bridgehead atoms. The molecule has 0 heterocycles. The second-order valence-corrected chi connectivity index (χ2v) is 5.18. The van der Waals surface area contributed by atoms with Crippen LogP contribution in [0, 0.1) is 0 Å². The fraction of sp³-hybridized carbons (Fsp3) is 1.00. The lowest BCUT2D eigenvalue weighted by Crippen LogP contribution is -2.45. The quantitative estimate of drug-likeness (QED) is 0.353. The summed E-state index contributed by atoms with van der Waals surface area (Å²) in [4.78, 5) is 0. The maximum Gasteiger partial charge on any atom is 0.168 e. The first-order valence-electron chi connectivity index (χ1n) is 4.17. The Morgan fingerprint density at radius 1 is 1.38 bits per heavy atom. The van der Waals surface area contributed by atoms with Gasteiger partial charge in [0.2, 0.25) is 0 Å². The zero-order valence-electron chi connectivity index (χ0n) is 8.41. The highest BCUT2D eigenvalue weighted by molar-refractivity contribution is 7.85. The van der Waals surface area contributed by atoms with Crippen LogP contribution in [0.5, 0.6) is 0 Å². The highest BCUT2D eigenvalue weighted by atomic mass is 32.2. The molecule has 0 radical (unpaired) electrons. The van der Waals surface area contributed by atoms with Gasteiger partial charge in [0.1, 0.15) is 10.1 Å². The maximum atomic E-state index is 10.5. The van der Waals surface area contributed by atoms with Crippen LogP contribution in [-0.2, 0) is 10.1 Å². The van der Waals surface area contributed by atoms with Gasteiger partial charge >= 0.3 is 0 Å². The molecule has 0 saturated carbocycles. The van der Waals surface area contributed by atoms with Crippen molar-refractivity contribution in [2.75, 3.05) is 40.1 Å². The molecular weight excluding hydrogens is 192 g/mol. The monoisotopic (exact) mass is 210 g/mol. The average molecular weight is 210 g/mol. The molecule has 0 saturated heterocycles. The van der Waals surface area contributed by atoms with E-state index in [0.29, 0.717) is 6.54 Å². The summed E-state index contributed by atoms with van der Waals surface area (Å²) in [6.07, 6.45) is 0.860. The summed E-state index contributed by atoms with van der Waals surface area (Å²) in [6.45, 7) is 1.52. The van der Waals surface area contributed by atoms with Gasteiger partial charge in [0.15, 0.2) is 5.88 Å². The zero-order chi connectivity index (χ0) is 10.5. The lowest BCUT2D eigenvalue weighted by molar-refractivity contribution is -0.878. The second kappa shape index (κ2) is 4.90. The highest BCUT2D eigenvalue weighted by Crippen LogP contribution is 2.01. The van der Waals surface area contributed by atoms with E-state index >= 15 is 0 Å². The summed E-state index contributed by atoms with van der Waals surface area (Å²) in [5.41, 5.74) is 0. The molecule has 5 nitrogen and oxygen atoms in total. The smallest absolute Gasteiger partial charge is 0.168 e. The van der Waals surface area contributed by atoms with Crippen LogP contribution in [0.1, 0.15) is 6.42 Å². The molecule has 0 amide bonds. The molecule has 13 heavy (non-hydrogen) atoms. The topological polar surface area (TPSA) is 69.2 Å². The largest absolute Gasteiger partial charge is 0.744 e. The molecule has 0 aromatic rings. The average Bonchev–Trinajstić information content (AvgIpc) is 1.81. The summed E-state index contributed by atoms with van der Waals surface area (Å²) in [5.74, 6) is -0.337. The Labute approximate surface area is 80.1 Å². The summed E-state index contributed by atoms with van der Waals surface area (Å²) < 4.78 is 31.7. The van der Waals surface area contributed by atoms with Crippen LogP contribution >= 0.6 is 0 Å². The fourth-order valence-electron chi connectivity index (χ4n) is 1.18. The minimum absolute atomic E-state index is 0.230. The van der Waals surface area contributed by atoms with Gasteiger partial charge in [-0.05, 0) is 7.05 Å². The van der Waals surface area contributed by atoms with E-state index in [1.165, 1.54) is 0 Å². The van der Waals surface area contributed by atoms with E-state index in [0.717, 1.165) is 13.0 Å². The normalized spacial score (nSPS) is 13.2. The molecule has 0 aliphatic rings. The van der Waals surface area contributed by atoms with Crippen molar-refractivity contribution in [1.82, 2.24) is 5.32 Å². The number of nitrogens with one attached hydrogen (secondary N) is 1. The minimum atomic E-state index is -4.12. The van der Waals surface area contributed by atoms with Crippen molar-refractivity contribution in [2.45, 2.75) is 6.42 Å². The Morgan fingerprint density at radius 2 is 1.92 bits per heavy atom. The molecule has 80 valence electrons. The van der Waals surface area contributed by atoms with Gasteiger partial charge in [-0.25, -0.2) is 8.42 Å². The number of hydrogen-bond acceptors (Lipinski definition) is 4. The van der Waals surface area contributed by atoms with Gasteiger partial charge in [-0.1, -0.05) is 0 Å². The van der Waals surface area contributed by atoms with Crippen LogP contribution < -0.4 is 5.32 Å². The van der Waals surface area contributed by atoms with E-state index < -0.39 is 10.1 Å². The Balaban J connectivity index is 3.94. The van der Waals surface area contributed by atoms with Gasteiger partial charge in [0, 0.05) is 13.0 Å². The first-order valence-corrected chi connectivity index (χ1v) is 5.75. The molecule has 0 aromatic heterocycles. The zero-order valence-corrected chi connectivity index (χ0v) is 9.23. The SMILES string of the molecule is CNCCC[N+](C)(C)CS(=O)(=O)[O-]. The Hall–Kier alpha value is -0.170. The Kier molecular flexibility index (Phi) is 4.83. The molecule has 1 N–H and O–H groups in total. The van der Waals surface area contributed by atoms with Gasteiger partial charge in [0.05, 0.1) is 20.6 Å². The van der Waals surface area contributed by atoms with Crippen molar-refractivity contribution in [3.63, 3.8) is 0 Å². The van der Waals surface area contributed by atoms with Crippen molar-refractivity contribution < 1.29 is 17.5 Å². The summed E-state index contributed by atoms with van der Waals surface area (Å²) >= 11 is 0. The van der Waals surface area contributed by atoms with Crippen molar-refractivity contribution >= 4 is 10.1 Å².